The molecular formula is C28H32N4O3. The number of nitriles is 1. The second kappa shape index (κ2) is 8.78. The highest BCUT2D eigenvalue weighted by atomic mass is 16.5. The molecule has 1 N–H and O–H groups in total. The lowest BCUT2D eigenvalue weighted by Crippen LogP contribution is -2.46. The minimum Gasteiger partial charge on any atom is -0.490 e. The summed E-state index contributed by atoms with van der Waals surface area (Å²) in [5.74, 6) is 1.49. The van der Waals surface area contributed by atoms with Crippen LogP contribution in [0.3, 0.4) is 0 Å². The number of hydrogen-bond acceptors (Lipinski definition) is 7. The lowest BCUT2D eigenvalue weighted by atomic mass is 9.80. The van der Waals surface area contributed by atoms with Crippen LogP contribution in [0.15, 0.2) is 40.9 Å². The van der Waals surface area contributed by atoms with Crippen molar-refractivity contribution in [1.29, 1.82) is 5.26 Å². The molecule has 1 fully saturated rings. The predicted molar refractivity (Wildman–Crippen MR) is 133 cm³/mol. The highest BCUT2D eigenvalue weighted by Gasteiger charge is 2.47. The number of aromatic nitrogens is 2. The number of nitrogens with zero attached hydrogens (tertiary/aromatic N) is 4. The topological polar surface area (TPSA) is 95.4 Å². The number of rotatable bonds is 6. The van der Waals surface area contributed by atoms with Gasteiger partial charge in [-0.05, 0) is 82.8 Å². The van der Waals surface area contributed by atoms with Crippen LogP contribution in [0.25, 0.3) is 22.8 Å². The van der Waals surface area contributed by atoms with Crippen LogP contribution >= 0.6 is 0 Å². The molecule has 3 aromatic rings. The second-order valence-electron chi connectivity index (χ2n) is 10.7. The van der Waals surface area contributed by atoms with Crippen LogP contribution in [0.4, 0.5) is 0 Å². The summed E-state index contributed by atoms with van der Waals surface area (Å²) in [7, 11) is 0. The van der Waals surface area contributed by atoms with Crippen molar-refractivity contribution < 1.29 is 14.4 Å². The minimum atomic E-state index is -0.217. The first-order chi connectivity index (χ1) is 16.8. The highest BCUT2D eigenvalue weighted by Crippen LogP contribution is 2.49. The van der Waals surface area contributed by atoms with E-state index in [9.17, 15) is 10.4 Å². The molecule has 2 heterocycles. The summed E-state index contributed by atoms with van der Waals surface area (Å²) in [4.78, 5) is 7.15. The van der Waals surface area contributed by atoms with Gasteiger partial charge in [0, 0.05) is 28.6 Å². The Morgan fingerprint density at radius 1 is 1.26 bits per heavy atom. The van der Waals surface area contributed by atoms with Gasteiger partial charge in [-0.3, -0.25) is 4.90 Å². The van der Waals surface area contributed by atoms with Gasteiger partial charge in [0.15, 0.2) is 0 Å². The van der Waals surface area contributed by atoms with Gasteiger partial charge in [-0.1, -0.05) is 23.4 Å². The van der Waals surface area contributed by atoms with Crippen molar-refractivity contribution in [3.05, 3.63) is 53.1 Å². The SMILES string of the molecule is CC(C)Oc1cc(-c2nc(-c3cccc4c3CCC43CCN(C(C)(C)CO)C3)no2)ccc1C#N. The molecule has 1 aromatic heterocycles. The largest absolute Gasteiger partial charge is 0.490 e. The maximum absolute atomic E-state index is 9.87. The van der Waals surface area contributed by atoms with E-state index in [0.29, 0.717) is 23.0 Å². The molecule has 0 amide bonds. The monoisotopic (exact) mass is 472 g/mol. The maximum Gasteiger partial charge on any atom is 0.258 e. The predicted octanol–water partition coefficient (Wildman–Crippen LogP) is 4.72. The smallest absolute Gasteiger partial charge is 0.258 e. The average molecular weight is 473 g/mol. The first kappa shape index (κ1) is 23.5. The maximum atomic E-state index is 9.87. The Kier molecular flexibility index (Phi) is 5.90. The van der Waals surface area contributed by atoms with Crippen LogP contribution in [0, 0.1) is 11.3 Å². The summed E-state index contributed by atoms with van der Waals surface area (Å²) < 4.78 is 11.5. The lowest BCUT2D eigenvalue weighted by molar-refractivity contribution is 0.0723. The molecule has 1 aliphatic carbocycles. The van der Waals surface area contributed by atoms with Gasteiger partial charge in [0.25, 0.3) is 5.89 Å². The van der Waals surface area contributed by atoms with E-state index in [1.165, 1.54) is 11.1 Å². The van der Waals surface area contributed by atoms with Crippen molar-refractivity contribution in [1.82, 2.24) is 15.0 Å². The molecule has 2 aromatic carbocycles. The van der Waals surface area contributed by atoms with Crippen molar-refractivity contribution >= 4 is 0 Å². The Balaban J connectivity index is 1.46. The zero-order valence-corrected chi connectivity index (χ0v) is 20.8. The molecule has 35 heavy (non-hydrogen) atoms. The normalized spacial score (nSPS) is 19.9. The molecule has 7 heteroatoms. The first-order valence-corrected chi connectivity index (χ1v) is 12.3. The van der Waals surface area contributed by atoms with Crippen LogP contribution in [-0.4, -0.2) is 51.5 Å². The summed E-state index contributed by atoms with van der Waals surface area (Å²) in [5.41, 5.74) is 4.78. The third-order valence-electron chi connectivity index (χ3n) is 7.58. The molecule has 0 saturated carbocycles. The van der Waals surface area contributed by atoms with Gasteiger partial charge >= 0.3 is 0 Å². The first-order valence-electron chi connectivity index (χ1n) is 12.3. The Morgan fingerprint density at radius 2 is 2.09 bits per heavy atom. The zero-order chi connectivity index (χ0) is 24.8. The molecule has 1 unspecified atom stereocenters. The van der Waals surface area contributed by atoms with Crippen LogP contribution in [0.5, 0.6) is 5.75 Å². The lowest BCUT2D eigenvalue weighted by Gasteiger charge is -2.35. The summed E-state index contributed by atoms with van der Waals surface area (Å²) in [5, 5.41) is 23.6. The summed E-state index contributed by atoms with van der Waals surface area (Å²) in [6, 6.07) is 13.9. The molecule has 1 saturated heterocycles. The van der Waals surface area contributed by atoms with E-state index in [1.54, 1.807) is 12.1 Å². The van der Waals surface area contributed by atoms with E-state index >= 15 is 0 Å². The number of aliphatic hydroxyl groups is 1. The molecule has 7 nitrogen and oxygen atoms in total. The molecule has 1 atom stereocenters. The third kappa shape index (κ3) is 4.11. The van der Waals surface area contributed by atoms with E-state index in [0.717, 1.165) is 43.5 Å². The van der Waals surface area contributed by atoms with E-state index in [4.69, 9.17) is 14.2 Å². The minimum absolute atomic E-state index is 0.0516. The Labute approximate surface area is 206 Å². The van der Waals surface area contributed by atoms with Crippen LogP contribution in [0.2, 0.25) is 0 Å². The fraction of sp³-hybridized carbons (Fsp3) is 0.464. The number of aliphatic hydroxyl groups excluding tert-OH is 1. The fourth-order valence-corrected chi connectivity index (χ4v) is 5.52. The molecule has 2 aliphatic rings. The number of hydrogen-bond donors (Lipinski definition) is 1. The number of ether oxygens (including phenoxy) is 1. The van der Waals surface area contributed by atoms with E-state index < -0.39 is 0 Å². The summed E-state index contributed by atoms with van der Waals surface area (Å²) >= 11 is 0. The van der Waals surface area contributed by atoms with Crippen LogP contribution in [0.1, 0.15) is 57.2 Å². The van der Waals surface area contributed by atoms with Gasteiger partial charge in [0.2, 0.25) is 5.82 Å². The number of likely N-dealkylation sites (tertiary alicyclic amines) is 1. The second-order valence-corrected chi connectivity index (χ2v) is 10.7. The summed E-state index contributed by atoms with van der Waals surface area (Å²) in [6.45, 7) is 10.2. The molecule has 1 spiro atoms. The van der Waals surface area contributed by atoms with Gasteiger partial charge in [-0.15, -0.1) is 0 Å². The van der Waals surface area contributed by atoms with Crippen molar-refractivity contribution in [3.63, 3.8) is 0 Å². The van der Waals surface area contributed by atoms with Gasteiger partial charge in [0.05, 0.1) is 18.3 Å². The molecular weight excluding hydrogens is 440 g/mol. The van der Waals surface area contributed by atoms with Gasteiger partial charge in [0.1, 0.15) is 11.8 Å². The Bertz CT molecular complexity index is 1290. The number of fused-ring (bicyclic) bond motifs is 2. The van der Waals surface area contributed by atoms with Gasteiger partial charge < -0.3 is 14.4 Å². The van der Waals surface area contributed by atoms with E-state index in [2.05, 4.69) is 48.2 Å². The molecule has 0 bridgehead atoms. The number of benzene rings is 2. The Hall–Kier alpha value is -3.21. The molecule has 1 aliphatic heterocycles. The zero-order valence-electron chi connectivity index (χ0n) is 20.8. The van der Waals surface area contributed by atoms with Crippen molar-refractivity contribution in [2.45, 2.75) is 64.0 Å². The molecule has 182 valence electrons. The Morgan fingerprint density at radius 3 is 2.83 bits per heavy atom. The van der Waals surface area contributed by atoms with Gasteiger partial charge in [-0.2, -0.15) is 10.2 Å². The van der Waals surface area contributed by atoms with Crippen molar-refractivity contribution in [2.24, 2.45) is 0 Å². The van der Waals surface area contributed by atoms with Crippen molar-refractivity contribution in [2.75, 3.05) is 19.7 Å². The third-order valence-corrected chi connectivity index (χ3v) is 7.58. The quantitative estimate of drug-likeness (QED) is 0.554. The van der Waals surface area contributed by atoms with Crippen molar-refractivity contribution in [3.8, 4) is 34.7 Å². The average Bonchev–Trinajstić information content (AvgIpc) is 3.59. The standard InChI is InChI=1S/C28H32N4O3/c1-18(2)34-24-14-19(8-9-20(24)15-29)26-30-25(31-35-26)22-6-5-7-23-21(22)10-11-28(23)12-13-32(16-28)27(3,4)17-33/h5-9,14,18,33H,10-13,16-17H2,1-4H3. The van der Waals surface area contributed by atoms with Gasteiger partial charge in [-0.25, -0.2) is 0 Å². The summed E-state index contributed by atoms with van der Waals surface area (Å²) in [6.07, 6.45) is 3.11. The fourth-order valence-electron chi connectivity index (χ4n) is 5.52. The van der Waals surface area contributed by atoms with E-state index in [1.807, 2.05) is 19.9 Å². The van der Waals surface area contributed by atoms with E-state index in [-0.39, 0.29) is 23.7 Å². The van der Waals surface area contributed by atoms with Crippen LogP contribution < -0.4 is 4.74 Å². The van der Waals surface area contributed by atoms with Crippen LogP contribution in [-0.2, 0) is 11.8 Å². The molecule has 5 rings (SSSR count). The molecule has 0 radical (unpaired) electrons. The highest BCUT2D eigenvalue weighted by molar-refractivity contribution is 5.68.